The van der Waals surface area contributed by atoms with Gasteiger partial charge in [0.1, 0.15) is 0 Å². The summed E-state index contributed by atoms with van der Waals surface area (Å²) >= 11 is 7.04. The molecule has 0 aromatic heterocycles. The molecule has 0 aliphatic heterocycles. The van der Waals surface area contributed by atoms with Crippen LogP contribution in [-0.4, -0.2) is 16.8 Å². The first-order valence-corrected chi connectivity index (χ1v) is 7.98. The van der Waals surface area contributed by atoms with Gasteiger partial charge in [-0.05, 0) is 50.3 Å². The van der Waals surface area contributed by atoms with Crippen molar-refractivity contribution in [2.45, 2.75) is 43.5 Å². The zero-order valence-corrected chi connectivity index (χ0v) is 13.6. The number of hydrogen-bond donors (Lipinski definition) is 1. The molecular formula is C14H17Br2NO. The maximum absolute atomic E-state index is 12.2. The lowest BCUT2D eigenvalue weighted by atomic mass is 9.95. The van der Waals surface area contributed by atoms with E-state index in [1.165, 1.54) is 0 Å². The Morgan fingerprint density at radius 2 is 1.94 bits per heavy atom. The van der Waals surface area contributed by atoms with E-state index in [9.17, 15) is 4.79 Å². The van der Waals surface area contributed by atoms with Gasteiger partial charge in [-0.15, -0.1) is 0 Å². The summed E-state index contributed by atoms with van der Waals surface area (Å²) in [5, 5.41) is 3.14. The van der Waals surface area contributed by atoms with Gasteiger partial charge in [0.2, 0.25) is 0 Å². The average Bonchev–Trinajstić information content (AvgIpc) is 2.35. The van der Waals surface area contributed by atoms with E-state index in [1.54, 1.807) is 0 Å². The van der Waals surface area contributed by atoms with E-state index in [1.807, 2.05) is 25.1 Å². The number of hydrogen-bond acceptors (Lipinski definition) is 1. The minimum absolute atomic E-state index is 0.0480. The van der Waals surface area contributed by atoms with Gasteiger partial charge in [0.15, 0.2) is 0 Å². The second-order valence-electron chi connectivity index (χ2n) is 4.88. The largest absolute Gasteiger partial charge is 0.349 e. The Bertz CT molecular complexity index is 439. The monoisotopic (exact) mass is 373 g/mol. The maximum atomic E-state index is 12.2. The average molecular weight is 375 g/mol. The summed E-state index contributed by atoms with van der Waals surface area (Å²) in [7, 11) is 0. The van der Waals surface area contributed by atoms with Crippen LogP contribution in [0, 0.1) is 6.92 Å². The van der Waals surface area contributed by atoms with Gasteiger partial charge in [-0.1, -0.05) is 37.9 Å². The number of benzene rings is 1. The molecule has 0 saturated heterocycles. The Labute approximate surface area is 125 Å². The highest BCUT2D eigenvalue weighted by atomic mass is 79.9. The lowest BCUT2D eigenvalue weighted by Crippen LogP contribution is -2.38. The fraction of sp³-hybridized carbons (Fsp3) is 0.500. The Hall–Kier alpha value is -0.350. The second kappa shape index (κ2) is 6.20. The number of halogens is 2. The summed E-state index contributed by atoms with van der Waals surface area (Å²) in [6, 6.07) is 6.14. The van der Waals surface area contributed by atoms with Crippen LogP contribution in [0.3, 0.4) is 0 Å². The molecule has 2 nitrogen and oxygen atoms in total. The van der Waals surface area contributed by atoms with E-state index in [2.05, 4.69) is 37.2 Å². The summed E-state index contributed by atoms with van der Waals surface area (Å²) in [5.74, 6) is 0.0480. The third kappa shape index (κ3) is 3.58. The number of carbonyl (C=O) groups excluding carboxylic acids is 1. The minimum atomic E-state index is 0.0480. The van der Waals surface area contributed by atoms with Crippen LogP contribution in [0.1, 0.15) is 41.6 Å². The van der Waals surface area contributed by atoms with Gasteiger partial charge < -0.3 is 5.32 Å². The van der Waals surface area contributed by atoms with Gasteiger partial charge >= 0.3 is 0 Å². The molecule has 0 radical (unpaired) electrons. The Balaban J connectivity index is 2.01. The third-order valence-electron chi connectivity index (χ3n) is 3.44. The lowest BCUT2D eigenvalue weighted by Gasteiger charge is -2.26. The van der Waals surface area contributed by atoms with Crippen LogP contribution in [0.5, 0.6) is 0 Å². The predicted molar refractivity (Wildman–Crippen MR) is 81.3 cm³/mol. The van der Waals surface area contributed by atoms with E-state index in [4.69, 9.17) is 0 Å². The molecule has 0 bridgehead atoms. The SMILES string of the molecule is Cc1ccc(Br)cc1C(=O)NC1CCC(Br)CC1. The molecule has 98 valence electrons. The molecule has 1 aromatic rings. The number of rotatable bonds is 2. The quantitative estimate of drug-likeness (QED) is 0.772. The van der Waals surface area contributed by atoms with Gasteiger partial charge in [-0.3, -0.25) is 4.79 Å². The Morgan fingerprint density at radius 3 is 2.61 bits per heavy atom. The van der Waals surface area contributed by atoms with Crippen molar-refractivity contribution in [3.63, 3.8) is 0 Å². The molecule has 1 aromatic carbocycles. The minimum Gasteiger partial charge on any atom is -0.349 e. The van der Waals surface area contributed by atoms with Crippen molar-refractivity contribution in [3.8, 4) is 0 Å². The molecule has 4 heteroatoms. The standard InChI is InChI=1S/C14H17Br2NO/c1-9-2-3-11(16)8-13(9)14(18)17-12-6-4-10(15)5-7-12/h2-3,8,10,12H,4-7H2,1H3,(H,17,18). The molecule has 0 unspecified atom stereocenters. The molecule has 0 heterocycles. The van der Waals surface area contributed by atoms with E-state index < -0.39 is 0 Å². The molecule has 0 atom stereocenters. The van der Waals surface area contributed by atoms with E-state index >= 15 is 0 Å². The first-order valence-electron chi connectivity index (χ1n) is 6.27. The number of alkyl halides is 1. The van der Waals surface area contributed by atoms with E-state index in [-0.39, 0.29) is 5.91 Å². The van der Waals surface area contributed by atoms with Gasteiger partial charge in [-0.2, -0.15) is 0 Å². The van der Waals surface area contributed by atoms with Crippen LogP contribution in [-0.2, 0) is 0 Å². The number of aryl methyl sites for hydroxylation is 1. The normalized spacial score (nSPS) is 23.7. The number of nitrogens with one attached hydrogen (secondary N) is 1. The van der Waals surface area contributed by atoms with Gasteiger partial charge in [0.05, 0.1) is 0 Å². The molecule has 0 spiro atoms. The first kappa shape index (κ1) is 14.1. The van der Waals surface area contributed by atoms with Gasteiger partial charge in [0, 0.05) is 20.9 Å². The fourth-order valence-corrected chi connectivity index (χ4v) is 3.19. The molecule has 18 heavy (non-hydrogen) atoms. The Morgan fingerprint density at radius 1 is 1.28 bits per heavy atom. The molecule has 1 N–H and O–H groups in total. The number of carbonyl (C=O) groups is 1. The van der Waals surface area contributed by atoms with E-state index in [0.717, 1.165) is 41.3 Å². The lowest BCUT2D eigenvalue weighted by molar-refractivity contribution is 0.0927. The highest BCUT2D eigenvalue weighted by molar-refractivity contribution is 9.10. The van der Waals surface area contributed by atoms with Crippen LogP contribution in [0.4, 0.5) is 0 Å². The molecule has 1 aliphatic rings. The van der Waals surface area contributed by atoms with Crippen molar-refractivity contribution in [2.75, 3.05) is 0 Å². The fourth-order valence-electron chi connectivity index (χ4n) is 2.30. The van der Waals surface area contributed by atoms with Crippen LogP contribution >= 0.6 is 31.9 Å². The molecule has 1 fully saturated rings. The Kier molecular flexibility index (Phi) is 4.84. The summed E-state index contributed by atoms with van der Waals surface area (Å²) < 4.78 is 0.947. The highest BCUT2D eigenvalue weighted by Crippen LogP contribution is 2.24. The summed E-state index contributed by atoms with van der Waals surface area (Å²) in [6.45, 7) is 1.97. The van der Waals surface area contributed by atoms with Crippen molar-refractivity contribution < 1.29 is 4.79 Å². The van der Waals surface area contributed by atoms with Gasteiger partial charge in [-0.25, -0.2) is 0 Å². The van der Waals surface area contributed by atoms with Gasteiger partial charge in [0.25, 0.3) is 5.91 Å². The van der Waals surface area contributed by atoms with Crippen molar-refractivity contribution in [2.24, 2.45) is 0 Å². The maximum Gasteiger partial charge on any atom is 0.251 e. The predicted octanol–water partition coefficient (Wildman–Crippen LogP) is 4.19. The summed E-state index contributed by atoms with van der Waals surface area (Å²) in [4.78, 5) is 12.8. The van der Waals surface area contributed by atoms with Crippen molar-refractivity contribution in [3.05, 3.63) is 33.8 Å². The van der Waals surface area contributed by atoms with Crippen LogP contribution < -0.4 is 5.32 Å². The molecule has 2 rings (SSSR count). The molecule has 1 aliphatic carbocycles. The third-order valence-corrected chi connectivity index (χ3v) is 4.85. The molecule has 1 amide bonds. The topological polar surface area (TPSA) is 29.1 Å². The molecular weight excluding hydrogens is 358 g/mol. The summed E-state index contributed by atoms with van der Waals surface area (Å²) in [6.07, 6.45) is 4.41. The van der Waals surface area contributed by atoms with Crippen LogP contribution in [0.15, 0.2) is 22.7 Å². The zero-order valence-electron chi connectivity index (χ0n) is 10.4. The molecule has 1 saturated carbocycles. The first-order chi connectivity index (χ1) is 8.56. The van der Waals surface area contributed by atoms with Crippen LogP contribution in [0.2, 0.25) is 0 Å². The number of amides is 1. The summed E-state index contributed by atoms with van der Waals surface area (Å²) in [5.41, 5.74) is 1.79. The second-order valence-corrected chi connectivity index (χ2v) is 7.09. The highest BCUT2D eigenvalue weighted by Gasteiger charge is 2.21. The van der Waals surface area contributed by atoms with Crippen LogP contribution in [0.25, 0.3) is 0 Å². The van der Waals surface area contributed by atoms with Crippen molar-refractivity contribution >= 4 is 37.8 Å². The van der Waals surface area contributed by atoms with Crippen molar-refractivity contribution in [1.29, 1.82) is 0 Å². The van der Waals surface area contributed by atoms with Crippen molar-refractivity contribution in [1.82, 2.24) is 5.32 Å². The smallest absolute Gasteiger partial charge is 0.251 e. The van der Waals surface area contributed by atoms with E-state index in [0.29, 0.717) is 10.9 Å². The zero-order chi connectivity index (χ0) is 13.1.